The fourth-order valence-corrected chi connectivity index (χ4v) is 5.28. The first-order valence-electron chi connectivity index (χ1n) is 10.9. The third kappa shape index (κ3) is 6.13. The van der Waals surface area contributed by atoms with Gasteiger partial charge in [-0.3, -0.25) is 4.79 Å². The maximum absolute atomic E-state index is 13.2. The SMILES string of the molecule is O=C(N/N=C/c1cc(Br)c(OCc2ccc(Br)cc2)c(Br)c1)C(O)(c1ccccc1)c1ccccc1. The summed E-state index contributed by atoms with van der Waals surface area (Å²) in [5, 5.41) is 15.6. The van der Waals surface area contributed by atoms with E-state index in [9.17, 15) is 9.90 Å². The van der Waals surface area contributed by atoms with E-state index in [0.29, 0.717) is 29.0 Å². The van der Waals surface area contributed by atoms with Gasteiger partial charge in [0, 0.05) is 4.47 Å². The number of nitrogens with zero attached hydrogens (tertiary/aromatic N) is 1. The molecule has 0 heterocycles. The van der Waals surface area contributed by atoms with Crippen LogP contribution in [0.2, 0.25) is 0 Å². The first-order valence-corrected chi connectivity index (χ1v) is 13.3. The third-order valence-electron chi connectivity index (χ3n) is 5.41. The molecule has 0 saturated heterocycles. The first kappa shape index (κ1) is 26.3. The summed E-state index contributed by atoms with van der Waals surface area (Å²) < 4.78 is 8.44. The number of hydrogen-bond acceptors (Lipinski definition) is 4. The van der Waals surface area contributed by atoms with Crippen LogP contribution in [0.5, 0.6) is 5.75 Å². The molecule has 0 atom stereocenters. The molecule has 0 spiro atoms. The van der Waals surface area contributed by atoms with Crippen LogP contribution >= 0.6 is 47.8 Å². The van der Waals surface area contributed by atoms with Crippen LogP contribution in [0.4, 0.5) is 0 Å². The van der Waals surface area contributed by atoms with Crippen molar-refractivity contribution < 1.29 is 14.6 Å². The Morgan fingerprint density at radius 3 is 1.92 bits per heavy atom. The van der Waals surface area contributed by atoms with Crippen LogP contribution in [0.3, 0.4) is 0 Å². The predicted molar refractivity (Wildman–Crippen MR) is 152 cm³/mol. The van der Waals surface area contributed by atoms with Gasteiger partial charge in [0.1, 0.15) is 12.4 Å². The molecule has 0 aromatic heterocycles. The van der Waals surface area contributed by atoms with E-state index in [1.54, 1.807) is 48.5 Å². The van der Waals surface area contributed by atoms with Crippen LogP contribution in [0, 0.1) is 0 Å². The van der Waals surface area contributed by atoms with Crippen molar-refractivity contribution in [2.24, 2.45) is 5.10 Å². The van der Waals surface area contributed by atoms with Crippen LogP contribution in [-0.4, -0.2) is 17.2 Å². The van der Waals surface area contributed by atoms with Crippen molar-refractivity contribution in [2.75, 3.05) is 0 Å². The molecule has 0 aliphatic rings. The normalized spacial score (nSPS) is 11.4. The van der Waals surface area contributed by atoms with Crippen molar-refractivity contribution in [3.63, 3.8) is 0 Å². The van der Waals surface area contributed by atoms with Crippen LogP contribution in [0.1, 0.15) is 22.3 Å². The molecule has 0 fully saturated rings. The molecule has 4 rings (SSSR count). The molecule has 2 N–H and O–H groups in total. The Bertz CT molecular complexity index is 1300. The monoisotopic (exact) mass is 670 g/mol. The standard InChI is InChI=1S/C28H21Br3N2O3/c29-23-13-11-19(12-14-23)18-36-26-24(30)15-20(16-25(26)31)17-32-33-27(34)28(35,21-7-3-1-4-8-21)22-9-5-2-6-10-22/h1-17,35H,18H2,(H,33,34)/b32-17+. The molecule has 36 heavy (non-hydrogen) atoms. The minimum atomic E-state index is -1.90. The number of rotatable bonds is 8. The van der Waals surface area contributed by atoms with Gasteiger partial charge in [-0.1, -0.05) is 88.7 Å². The Balaban J connectivity index is 1.49. The average molecular weight is 673 g/mol. The summed E-state index contributed by atoms with van der Waals surface area (Å²) in [6.45, 7) is 0.408. The highest BCUT2D eigenvalue weighted by atomic mass is 79.9. The Hall–Kier alpha value is -2.78. The third-order valence-corrected chi connectivity index (χ3v) is 7.12. The molecule has 4 aromatic carbocycles. The van der Waals surface area contributed by atoms with Gasteiger partial charge in [-0.25, -0.2) is 5.43 Å². The Kier molecular flexibility index (Phi) is 8.74. The number of nitrogens with one attached hydrogen (secondary N) is 1. The summed E-state index contributed by atoms with van der Waals surface area (Å²) in [4.78, 5) is 13.2. The maximum Gasteiger partial charge on any atom is 0.281 e. The molecule has 0 aliphatic heterocycles. The lowest BCUT2D eigenvalue weighted by Gasteiger charge is -2.27. The van der Waals surface area contributed by atoms with Crippen LogP contribution in [-0.2, 0) is 17.0 Å². The van der Waals surface area contributed by atoms with Gasteiger partial charge in [0.25, 0.3) is 5.91 Å². The molecule has 0 unspecified atom stereocenters. The lowest BCUT2D eigenvalue weighted by molar-refractivity contribution is -0.136. The number of halogens is 3. The molecule has 0 bridgehead atoms. The quantitative estimate of drug-likeness (QED) is 0.157. The Morgan fingerprint density at radius 1 is 0.861 bits per heavy atom. The van der Waals surface area contributed by atoms with Gasteiger partial charge < -0.3 is 9.84 Å². The lowest BCUT2D eigenvalue weighted by atomic mass is 9.85. The topological polar surface area (TPSA) is 70.9 Å². The molecule has 0 radical (unpaired) electrons. The van der Waals surface area contributed by atoms with E-state index in [4.69, 9.17) is 4.74 Å². The zero-order valence-electron chi connectivity index (χ0n) is 18.9. The van der Waals surface area contributed by atoms with Gasteiger partial charge in [-0.05, 0) is 78.4 Å². The fourth-order valence-electron chi connectivity index (χ4n) is 3.56. The second-order valence-corrected chi connectivity index (χ2v) is 10.5. The molecule has 4 aromatic rings. The van der Waals surface area contributed by atoms with Crippen LogP contribution in [0.25, 0.3) is 0 Å². The number of carbonyl (C=O) groups excluding carboxylic acids is 1. The van der Waals surface area contributed by atoms with Gasteiger partial charge in [-0.15, -0.1) is 0 Å². The van der Waals surface area contributed by atoms with E-state index in [2.05, 4.69) is 58.3 Å². The van der Waals surface area contributed by atoms with Gasteiger partial charge in [0.15, 0.2) is 5.60 Å². The number of hydrazone groups is 1. The van der Waals surface area contributed by atoms with E-state index >= 15 is 0 Å². The van der Waals surface area contributed by atoms with Crippen molar-refractivity contribution in [1.82, 2.24) is 5.43 Å². The number of amides is 1. The molecule has 0 aliphatic carbocycles. The largest absolute Gasteiger partial charge is 0.487 e. The molecular weight excluding hydrogens is 652 g/mol. The zero-order valence-corrected chi connectivity index (χ0v) is 23.6. The smallest absolute Gasteiger partial charge is 0.281 e. The molecule has 1 amide bonds. The number of aliphatic hydroxyl groups is 1. The average Bonchev–Trinajstić information content (AvgIpc) is 2.89. The van der Waals surface area contributed by atoms with Gasteiger partial charge in [0.05, 0.1) is 15.2 Å². The number of benzene rings is 4. The molecular formula is C28H21Br3N2O3. The van der Waals surface area contributed by atoms with Gasteiger partial charge in [-0.2, -0.15) is 5.10 Å². The number of carbonyl (C=O) groups is 1. The van der Waals surface area contributed by atoms with E-state index in [-0.39, 0.29) is 0 Å². The second kappa shape index (κ2) is 12.0. The molecule has 182 valence electrons. The molecule has 5 nitrogen and oxygen atoms in total. The zero-order chi connectivity index (χ0) is 25.5. The summed E-state index contributed by atoms with van der Waals surface area (Å²) in [7, 11) is 0. The molecule has 8 heteroatoms. The maximum atomic E-state index is 13.2. The number of ether oxygens (including phenoxy) is 1. The summed E-state index contributed by atoms with van der Waals surface area (Å²) in [5.41, 5.74) is 3.24. The van der Waals surface area contributed by atoms with E-state index in [0.717, 1.165) is 19.0 Å². The second-order valence-electron chi connectivity index (χ2n) is 7.87. The fraction of sp³-hybridized carbons (Fsp3) is 0.0714. The van der Waals surface area contributed by atoms with Gasteiger partial charge in [0.2, 0.25) is 0 Å². The number of hydrogen-bond donors (Lipinski definition) is 2. The summed E-state index contributed by atoms with van der Waals surface area (Å²) in [6, 6.07) is 29.1. The van der Waals surface area contributed by atoms with Crippen molar-refractivity contribution in [3.8, 4) is 5.75 Å². The lowest BCUT2D eigenvalue weighted by Crippen LogP contribution is -2.43. The van der Waals surface area contributed by atoms with Crippen LogP contribution in [0.15, 0.2) is 116 Å². The highest BCUT2D eigenvalue weighted by Crippen LogP contribution is 2.35. The Morgan fingerprint density at radius 2 is 1.39 bits per heavy atom. The summed E-state index contributed by atoms with van der Waals surface area (Å²) >= 11 is 10.5. The van der Waals surface area contributed by atoms with E-state index < -0.39 is 11.5 Å². The minimum absolute atomic E-state index is 0.408. The minimum Gasteiger partial charge on any atom is -0.487 e. The van der Waals surface area contributed by atoms with Crippen LogP contribution < -0.4 is 10.2 Å². The summed E-state index contributed by atoms with van der Waals surface area (Å²) in [6.07, 6.45) is 1.50. The predicted octanol–water partition coefficient (Wildman–Crippen LogP) is 6.94. The van der Waals surface area contributed by atoms with Gasteiger partial charge >= 0.3 is 0 Å². The van der Waals surface area contributed by atoms with Crippen molar-refractivity contribution in [1.29, 1.82) is 0 Å². The van der Waals surface area contributed by atoms with Crippen molar-refractivity contribution in [3.05, 3.63) is 133 Å². The molecule has 0 saturated carbocycles. The highest BCUT2D eigenvalue weighted by Gasteiger charge is 2.39. The Labute approximate surface area is 234 Å². The van der Waals surface area contributed by atoms with Crippen molar-refractivity contribution >= 4 is 59.9 Å². The highest BCUT2D eigenvalue weighted by molar-refractivity contribution is 9.11. The summed E-state index contributed by atoms with van der Waals surface area (Å²) in [5.74, 6) is -0.00892. The first-order chi connectivity index (χ1) is 17.4. The van der Waals surface area contributed by atoms with Crippen molar-refractivity contribution in [2.45, 2.75) is 12.2 Å². The van der Waals surface area contributed by atoms with E-state index in [1.807, 2.05) is 48.5 Å². The van der Waals surface area contributed by atoms with E-state index in [1.165, 1.54) is 6.21 Å².